The fourth-order valence-electron chi connectivity index (χ4n) is 2.21. The van der Waals surface area contributed by atoms with Crippen molar-refractivity contribution in [3.8, 4) is 0 Å². The van der Waals surface area contributed by atoms with E-state index in [2.05, 4.69) is 35.0 Å². The summed E-state index contributed by atoms with van der Waals surface area (Å²) in [5, 5.41) is 0. The molecule has 0 spiro atoms. The van der Waals surface area contributed by atoms with Crippen LogP contribution in [0.2, 0.25) is 0 Å². The molecular formula is C17H19BrFN. The molecule has 2 aromatic rings. The Morgan fingerprint density at radius 1 is 1.15 bits per heavy atom. The van der Waals surface area contributed by atoms with Crippen LogP contribution in [0.15, 0.2) is 46.9 Å². The first kappa shape index (κ1) is 15.2. The highest BCUT2D eigenvalue weighted by molar-refractivity contribution is 9.10. The van der Waals surface area contributed by atoms with Crippen molar-refractivity contribution in [3.63, 3.8) is 0 Å². The van der Waals surface area contributed by atoms with Crippen LogP contribution in [0.25, 0.3) is 0 Å². The third-order valence-corrected chi connectivity index (χ3v) is 3.95. The van der Waals surface area contributed by atoms with Crippen LogP contribution >= 0.6 is 15.9 Å². The van der Waals surface area contributed by atoms with Crippen molar-refractivity contribution in [1.29, 1.82) is 0 Å². The van der Waals surface area contributed by atoms with E-state index in [0.29, 0.717) is 5.56 Å². The number of unbranched alkanes of at least 4 members (excludes halogenated alkanes) is 1. The standard InChI is InChI=1S/C17H19BrFN/c1-2-3-4-12-5-7-13(8-6-12)17(20)15-10-9-14(18)11-16(15)19/h5-11,17H,2-4,20H2,1H3. The molecule has 2 rings (SSSR count). The monoisotopic (exact) mass is 335 g/mol. The number of rotatable bonds is 5. The van der Waals surface area contributed by atoms with Crippen LogP contribution in [-0.2, 0) is 6.42 Å². The van der Waals surface area contributed by atoms with Gasteiger partial charge in [-0.25, -0.2) is 4.39 Å². The lowest BCUT2D eigenvalue weighted by Crippen LogP contribution is -2.13. The zero-order valence-electron chi connectivity index (χ0n) is 11.6. The Labute approximate surface area is 128 Å². The van der Waals surface area contributed by atoms with Gasteiger partial charge in [0.2, 0.25) is 0 Å². The summed E-state index contributed by atoms with van der Waals surface area (Å²) in [4.78, 5) is 0. The molecule has 0 radical (unpaired) electrons. The quantitative estimate of drug-likeness (QED) is 0.819. The molecule has 0 aliphatic heterocycles. The second-order valence-electron chi connectivity index (χ2n) is 4.99. The maximum absolute atomic E-state index is 13.9. The molecule has 0 heterocycles. The van der Waals surface area contributed by atoms with Gasteiger partial charge in [-0.3, -0.25) is 0 Å². The van der Waals surface area contributed by atoms with E-state index in [1.54, 1.807) is 6.07 Å². The highest BCUT2D eigenvalue weighted by Crippen LogP contribution is 2.25. The number of hydrogen-bond acceptors (Lipinski definition) is 1. The predicted octanol–water partition coefficient (Wildman–Crippen LogP) is 4.98. The van der Waals surface area contributed by atoms with Crippen molar-refractivity contribution in [2.75, 3.05) is 0 Å². The van der Waals surface area contributed by atoms with Crippen molar-refractivity contribution in [1.82, 2.24) is 0 Å². The lowest BCUT2D eigenvalue weighted by atomic mass is 9.97. The Morgan fingerprint density at radius 3 is 2.45 bits per heavy atom. The van der Waals surface area contributed by atoms with Gasteiger partial charge in [0.15, 0.2) is 0 Å². The minimum atomic E-state index is -0.427. The van der Waals surface area contributed by atoms with Crippen LogP contribution in [0.5, 0.6) is 0 Å². The molecule has 2 N–H and O–H groups in total. The van der Waals surface area contributed by atoms with Crippen LogP contribution in [0, 0.1) is 5.82 Å². The Hall–Kier alpha value is -1.19. The highest BCUT2D eigenvalue weighted by Gasteiger charge is 2.13. The van der Waals surface area contributed by atoms with Gasteiger partial charge < -0.3 is 5.73 Å². The summed E-state index contributed by atoms with van der Waals surface area (Å²) in [6.07, 6.45) is 3.46. The van der Waals surface area contributed by atoms with Crippen molar-refractivity contribution >= 4 is 15.9 Å². The largest absolute Gasteiger partial charge is 0.320 e. The summed E-state index contributed by atoms with van der Waals surface area (Å²) in [5.74, 6) is -0.276. The number of aryl methyl sites for hydroxylation is 1. The van der Waals surface area contributed by atoms with Gasteiger partial charge in [-0.05, 0) is 36.1 Å². The van der Waals surface area contributed by atoms with E-state index in [0.717, 1.165) is 16.5 Å². The maximum Gasteiger partial charge on any atom is 0.129 e. The average Bonchev–Trinajstić information content (AvgIpc) is 2.45. The minimum Gasteiger partial charge on any atom is -0.320 e. The van der Waals surface area contributed by atoms with Crippen LogP contribution in [-0.4, -0.2) is 0 Å². The SMILES string of the molecule is CCCCc1ccc(C(N)c2ccc(Br)cc2F)cc1. The first-order valence-electron chi connectivity index (χ1n) is 6.91. The number of nitrogens with two attached hydrogens (primary N) is 1. The molecule has 0 aromatic heterocycles. The molecule has 1 atom stereocenters. The molecule has 20 heavy (non-hydrogen) atoms. The van der Waals surface area contributed by atoms with Crippen molar-refractivity contribution in [3.05, 3.63) is 69.4 Å². The Balaban J connectivity index is 2.18. The van der Waals surface area contributed by atoms with Gasteiger partial charge in [0.05, 0.1) is 6.04 Å². The first-order valence-corrected chi connectivity index (χ1v) is 7.70. The molecule has 0 bridgehead atoms. The van der Waals surface area contributed by atoms with Crippen molar-refractivity contribution < 1.29 is 4.39 Å². The van der Waals surface area contributed by atoms with Crippen LogP contribution < -0.4 is 5.73 Å². The molecule has 1 unspecified atom stereocenters. The molecule has 0 saturated carbocycles. The smallest absolute Gasteiger partial charge is 0.129 e. The third kappa shape index (κ3) is 3.68. The minimum absolute atomic E-state index is 0.276. The molecule has 0 fully saturated rings. The molecule has 2 aromatic carbocycles. The van der Waals surface area contributed by atoms with Crippen molar-refractivity contribution in [2.45, 2.75) is 32.2 Å². The van der Waals surface area contributed by atoms with E-state index in [1.165, 1.54) is 24.5 Å². The average molecular weight is 336 g/mol. The number of benzene rings is 2. The Bertz CT molecular complexity index is 566. The van der Waals surface area contributed by atoms with E-state index in [9.17, 15) is 4.39 Å². The maximum atomic E-state index is 13.9. The Morgan fingerprint density at radius 2 is 1.85 bits per heavy atom. The molecule has 0 amide bonds. The van der Waals surface area contributed by atoms with Gasteiger partial charge in [-0.15, -0.1) is 0 Å². The van der Waals surface area contributed by atoms with Gasteiger partial charge in [0.1, 0.15) is 5.82 Å². The van der Waals surface area contributed by atoms with Crippen molar-refractivity contribution in [2.24, 2.45) is 5.73 Å². The molecular weight excluding hydrogens is 317 g/mol. The summed E-state index contributed by atoms with van der Waals surface area (Å²) in [5.41, 5.74) is 8.93. The Kier molecular flexibility index (Phi) is 5.32. The first-order chi connectivity index (χ1) is 9.61. The van der Waals surface area contributed by atoms with Crippen LogP contribution in [0.3, 0.4) is 0 Å². The van der Waals surface area contributed by atoms with Crippen LogP contribution in [0.4, 0.5) is 4.39 Å². The summed E-state index contributed by atoms with van der Waals surface area (Å²) in [6, 6.07) is 12.7. The zero-order chi connectivity index (χ0) is 14.5. The van der Waals surface area contributed by atoms with Gasteiger partial charge in [-0.1, -0.05) is 59.6 Å². The van der Waals surface area contributed by atoms with E-state index in [-0.39, 0.29) is 5.82 Å². The predicted molar refractivity (Wildman–Crippen MR) is 85.2 cm³/mol. The summed E-state index contributed by atoms with van der Waals surface area (Å²) < 4.78 is 14.6. The molecule has 0 aliphatic carbocycles. The van der Waals surface area contributed by atoms with Gasteiger partial charge in [0.25, 0.3) is 0 Å². The second-order valence-corrected chi connectivity index (χ2v) is 5.90. The van der Waals surface area contributed by atoms with Gasteiger partial charge >= 0.3 is 0 Å². The normalized spacial score (nSPS) is 12.4. The van der Waals surface area contributed by atoms with E-state index < -0.39 is 6.04 Å². The highest BCUT2D eigenvalue weighted by atomic mass is 79.9. The molecule has 1 nitrogen and oxygen atoms in total. The number of hydrogen-bond donors (Lipinski definition) is 1. The zero-order valence-corrected chi connectivity index (χ0v) is 13.2. The molecule has 3 heteroatoms. The topological polar surface area (TPSA) is 26.0 Å². The summed E-state index contributed by atoms with van der Waals surface area (Å²) in [6.45, 7) is 2.18. The molecule has 0 aliphatic rings. The van der Waals surface area contributed by atoms with E-state index in [4.69, 9.17) is 5.73 Å². The van der Waals surface area contributed by atoms with Crippen LogP contribution in [0.1, 0.15) is 42.5 Å². The lowest BCUT2D eigenvalue weighted by Gasteiger charge is -2.14. The summed E-state index contributed by atoms with van der Waals surface area (Å²) in [7, 11) is 0. The number of halogens is 2. The second kappa shape index (κ2) is 7.00. The fourth-order valence-corrected chi connectivity index (χ4v) is 2.54. The van der Waals surface area contributed by atoms with E-state index in [1.807, 2.05) is 18.2 Å². The molecule has 0 saturated heterocycles. The van der Waals surface area contributed by atoms with Gasteiger partial charge in [-0.2, -0.15) is 0 Å². The van der Waals surface area contributed by atoms with E-state index >= 15 is 0 Å². The fraction of sp³-hybridized carbons (Fsp3) is 0.294. The van der Waals surface area contributed by atoms with Gasteiger partial charge in [0, 0.05) is 10.0 Å². The molecule has 106 valence electrons. The third-order valence-electron chi connectivity index (χ3n) is 3.46. The lowest BCUT2D eigenvalue weighted by molar-refractivity contribution is 0.599. The summed E-state index contributed by atoms with van der Waals surface area (Å²) >= 11 is 3.25.